The zero-order valence-corrected chi connectivity index (χ0v) is 19.9. The van der Waals surface area contributed by atoms with E-state index in [1.54, 1.807) is 4.57 Å². The number of aromatic nitrogens is 1. The van der Waals surface area contributed by atoms with Gasteiger partial charge in [0, 0.05) is 51.8 Å². The molecule has 168 valence electrons. The maximum atomic E-state index is 11.2. The van der Waals surface area contributed by atoms with Gasteiger partial charge in [0.2, 0.25) is 0 Å². The molecule has 0 atom stereocenters. The highest BCUT2D eigenvalue weighted by Crippen LogP contribution is 2.38. The van der Waals surface area contributed by atoms with Gasteiger partial charge >= 0.3 is 5.97 Å². The normalized spacial score (nSPS) is 12.1. The van der Waals surface area contributed by atoms with Crippen molar-refractivity contribution in [3.05, 3.63) is 81.1 Å². The lowest BCUT2D eigenvalue weighted by Gasteiger charge is -2.13. The molecule has 0 amide bonds. The van der Waals surface area contributed by atoms with Crippen LogP contribution < -0.4 is 0 Å². The van der Waals surface area contributed by atoms with Crippen molar-refractivity contribution in [2.45, 2.75) is 33.9 Å². The summed E-state index contributed by atoms with van der Waals surface area (Å²) in [5.74, 6) is -0.875. The van der Waals surface area contributed by atoms with Crippen molar-refractivity contribution in [3.63, 3.8) is 0 Å². The minimum absolute atomic E-state index is 0.0805. The van der Waals surface area contributed by atoms with Gasteiger partial charge in [0.15, 0.2) is 0 Å². The molecule has 2 heterocycles. The summed E-state index contributed by atoms with van der Waals surface area (Å²) in [6, 6.07) is 13.3. The molecule has 3 aromatic rings. The Bertz CT molecular complexity index is 1150. The SMILES string of the molecule is CCOCC.Cc1c2c(cn1CC(=O)O)CN=C(c1ccccc1Cl)c1cc(Cl)ccc1-2. The molecular weight excluding hydrogens is 447 g/mol. The van der Waals surface area contributed by atoms with E-state index in [2.05, 4.69) is 0 Å². The Morgan fingerprint density at radius 2 is 1.81 bits per heavy atom. The molecule has 0 fully saturated rings. The molecule has 1 N–H and O–H groups in total. The summed E-state index contributed by atoms with van der Waals surface area (Å²) in [5, 5.41) is 10.4. The number of aliphatic imine (C=N–C) groups is 1. The van der Waals surface area contributed by atoms with Crippen molar-refractivity contribution in [2.24, 2.45) is 4.99 Å². The van der Waals surface area contributed by atoms with Crippen molar-refractivity contribution >= 4 is 34.9 Å². The fourth-order valence-corrected chi connectivity index (χ4v) is 4.19. The van der Waals surface area contributed by atoms with Gasteiger partial charge < -0.3 is 14.4 Å². The number of carboxylic acids is 1. The Balaban J connectivity index is 0.000000523. The third-order valence-electron chi connectivity index (χ3n) is 5.18. The molecule has 7 heteroatoms. The van der Waals surface area contributed by atoms with E-state index in [4.69, 9.17) is 32.9 Å². The molecule has 1 aromatic heterocycles. The van der Waals surface area contributed by atoms with Gasteiger partial charge in [0.1, 0.15) is 6.54 Å². The summed E-state index contributed by atoms with van der Waals surface area (Å²) in [5.41, 5.74) is 6.40. The minimum Gasteiger partial charge on any atom is -0.480 e. The first-order valence-electron chi connectivity index (χ1n) is 10.4. The van der Waals surface area contributed by atoms with Crippen LogP contribution in [0.15, 0.2) is 53.7 Å². The molecule has 1 aliphatic heterocycles. The lowest BCUT2D eigenvalue weighted by atomic mass is 9.93. The monoisotopic (exact) mass is 472 g/mol. The maximum absolute atomic E-state index is 11.2. The van der Waals surface area contributed by atoms with Gasteiger partial charge in [-0.1, -0.05) is 47.5 Å². The van der Waals surface area contributed by atoms with Crippen LogP contribution >= 0.6 is 23.2 Å². The summed E-state index contributed by atoms with van der Waals surface area (Å²) in [6.07, 6.45) is 1.87. The molecule has 0 unspecified atom stereocenters. The van der Waals surface area contributed by atoms with Crippen LogP contribution in [-0.2, 0) is 22.6 Å². The van der Waals surface area contributed by atoms with Crippen LogP contribution in [0, 0.1) is 6.92 Å². The molecule has 0 saturated heterocycles. The van der Waals surface area contributed by atoms with Crippen molar-refractivity contribution in [3.8, 4) is 11.1 Å². The molecule has 0 aliphatic carbocycles. The Kier molecular flexibility index (Phi) is 8.13. The largest absolute Gasteiger partial charge is 0.480 e. The summed E-state index contributed by atoms with van der Waals surface area (Å²) in [4.78, 5) is 16.0. The van der Waals surface area contributed by atoms with Gasteiger partial charge in [0.05, 0.1) is 12.3 Å². The molecule has 0 spiro atoms. The zero-order chi connectivity index (χ0) is 23.3. The fourth-order valence-electron chi connectivity index (χ4n) is 3.79. The first-order chi connectivity index (χ1) is 15.4. The number of nitrogens with zero attached hydrogens (tertiary/aromatic N) is 2. The molecule has 2 aromatic carbocycles. The van der Waals surface area contributed by atoms with Crippen LogP contribution in [0.1, 0.15) is 36.2 Å². The third kappa shape index (κ3) is 5.23. The standard InChI is InChI=1S/C21H16Cl2N2O2.C4H10O/c1-12-20-13(10-25(12)11-19(26)27)9-24-21(16-4-2-3-5-18(16)23)17-8-14(22)6-7-15(17)20;1-3-5-4-2/h2-8,10H,9,11H2,1H3,(H,26,27);3-4H2,1-2H3. The predicted molar refractivity (Wildman–Crippen MR) is 130 cm³/mol. The number of aliphatic carboxylic acids is 1. The van der Waals surface area contributed by atoms with Crippen LogP contribution in [0.4, 0.5) is 0 Å². The number of fused-ring (bicyclic) bond motifs is 3. The van der Waals surface area contributed by atoms with Gasteiger partial charge in [-0.15, -0.1) is 0 Å². The lowest BCUT2D eigenvalue weighted by molar-refractivity contribution is -0.137. The van der Waals surface area contributed by atoms with E-state index >= 15 is 0 Å². The zero-order valence-electron chi connectivity index (χ0n) is 18.4. The number of benzene rings is 2. The van der Waals surface area contributed by atoms with Crippen molar-refractivity contribution in [1.29, 1.82) is 0 Å². The van der Waals surface area contributed by atoms with E-state index in [9.17, 15) is 9.90 Å². The molecule has 32 heavy (non-hydrogen) atoms. The number of hydrogen-bond acceptors (Lipinski definition) is 3. The first kappa shape index (κ1) is 24.1. The Morgan fingerprint density at radius 3 is 2.44 bits per heavy atom. The highest BCUT2D eigenvalue weighted by Gasteiger charge is 2.24. The number of rotatable bonds is 5. The van der Waals surface area contributed by atoms with E-state index in [0.717, 1.165) is 52.4 Å². The van der Waals surface area contributed by atoms with E-state index in [1.165, 1.54) is 0 Å². The van der Waals surface area contributed by atoms with Crippen LogP contribution in [-0.4, -0.2) is 34.6 Å². The highest BCUT2D eigenvalue weighted by atomic mass is 35.5. The lowest BCUT2D eigenvalue weighted by Crippen LogP contribution is -2.10. The molecule has 0 radical (unpaired) electrons. The molecule has 4 rings (SSSR count). The second kappa shape index (κ2) is 10.8. The number of hydrogen-bond donors (Lipinski definition) is 1. The molecule has 1 aliphatic rings. The van der Waals surface area contributed by atoms with Crippen molar-refractivity contribution in [2.75, 3.05) is 13.2 Å². The topological polar surface area (TPSA) is 63.8 Å². The molecule has 0 bridgehead atoms. The quantitative estimate of drug-likeness (QED) is 0.477. The van der Waals surface area contributed by atoms with Gasteiger partial charge in [-0.2, -0.15) is 0 Å². The summed E-state index contributed by atoms with van der Waals surface area (Å²) in [7, 11) is 0. The van der Waals surface area contributed by atoms with Crippen molar-refractivity contribution in [1.82, 2.24) is 4.57 Å². The fraction of sp³-hybridized carbons (Fsp3) is 0.280. The van der Waals surface area contributed by atoms with Crippen LogP contribution in [0.2, 0.25) is 10.0 Å². The smallest absolute Gasteiger partial charge is 0.323 e. The Hall–Kier alpha value is -2.60. The number of carbonyl (C=O) groups is 1. The van der Waals surface area contributed by atoms with Gasteiger partial charge in [-0.05, 0) is 50.1 Å². The molecule has 0 saturated carbocycles. The van der Waals surface area contributed by atoms with E-state index in [0.29, 0.717) is 16.6 Å². The first-order valence-corrected chi connectivity index (χ1v) is 11.2. The van der Waals surface area contributed by atoms with E-state index < -0.39 is 5.97 Å². The van der Waals surface area contributed by atoms with Gasteiger partial charge in [0.25, 0.3) is 0 Å². The maximum Gasteiger partial charge on any atom is 0.323 e. The predicted octanol–water partition coefficient (Wildman–Crippen LogP) is 6.25. The number of halogens is 2. The van der Waals surface area contributed by atoms with Crippen molar-refractivity contribution < 1.29 is 14.6 Å². The van der Waals surface area contributed by atoms with Crippen LogP contribution in [0.5, 0.6) is 0 Å². The summed E-state index contributed by atoms with van der Waals surface area (Å²) < 4.78 is 6.58. The third-order valence-corrected chi connectivity index (χ3v) is 5.75. The molecule has 5 nitrogen and oxygen atoms in total. The highest BCUT2D eigenvalue weighted by molar-refractivity contribution is 6.36. The second-order valence-corrected chi connectivity index (χ2v) is 8.10. The average Bonchev–Trinajstić information content (AvgIpc) is 2.96. The second-order valence-electron chi connectivity index (χ2n) is 7.25. The Labute approximate surface area is 198 Å². The summed E-state index contributed by atoms with van der Waals surface area (Å²) in [6.45, 7) is 7.96. The average molecular weight is 473 g/mol. The van der Waals surface area contributed by atoms with E-state index in [1.807, 2.05) is 69.4 Å². The summed E-state index contributed by atoms with van der Waals surface area (Å²) >= 11 is 12.7. The Morgan fingerprint density at radius 1 is 1.09 bits per heavy atom. The van der Waals surface area contributed by atoms with Crippen LogP contribution in [0.3, 0.4) is 0 Å². The number of ether oxygens (including phenoxy) is 1. The molecular formula is C25H26Cl2N2O3. The van der Waals surface area contributed by atoms with Crippen LogP contribution in [0.25, 0.3) is 11.1 Å². The number of carboxylic acid groups (broad SMARTS) is 1. The van der Waals surface area contributed by atoms with Gasteiger partial charge in [-0.25, -0.2) is 0 Å². The van der Waals surface area contributed by atoms with Gasteiger partial charge in [-0.3, -0.25) is 9.79 Å². The van der Waals surface area contributed by atoms with E-state index in [-0.39, 0.29) is 6.54 Å². The minimum atomic E-state index is -0.875.